The first-order valence-corrected chi connectivity index (χ1v) is 12.4. The summed E-state index contributed by atoms with van der Waals surface area (Å²) >= 11 is 6.01. The van der Waals surface area contributed by atoms with Crippen LogP contribution in [0.4, 0.5) is 13.2 Å². The third kappa shape index (κ3) is 6.87. The number of nitrogens with zero attached hydrogens (tertiary/aromatic N) is 2. The van der Waals surface area contributed by atoms with Gasteiger partial charge in [0.2, 0.25) is 5.91 Å². The van der Waals surface area contributed by atoms with Crippen LogP contribution in [0.25, 0.3) is 0 Å². The third-order valence-corrected chi connectivity index (χ3v) is 7.65. The third-order valence-electron chi connectivity index (χ3n) is 7.40. The second-order valence-electron chi connectivity index (χ2n) is 9.42. The largest absolute Gasteiger partial charge is 0.471 e. The molecule has 0 spiro atoms. The summed E-state index contributed by atoms with van der Waals surface area (Å²) in [7, 11) is 1.51. The van der Waals surface area contributed by atoms with Crippen molar-refractivity contribution in [3.8, 4) is 0 Å². The molecule has 0 radical (unpaired) electrons. The average Bonchev–Trinajstić information content (AvgIpc) is 3.32. The molecule has 1 aromatic carbocycles. The van der Waals surface area contributed by atoms with Crippen molar-refractivity contribution < 1.29 is 27.6 Å². The Morgan fingerprint density at radius 1 is 1.11 bits per heavy atom. The van der Waals surface area contributed by atoms with Crippen LogP contribution < -0.4 is 10.8 Å². The van der Waals surface area contributed by atoms with E-state index < -0.39 is 17.6 Å². The van der Waals surface area contributed by atoms with E-state index in [0.717, 1.165) is 31.2 Å². The van der Waals surface area contributed by atoms with Crippen LogP contribution in [0.5, 0.6) is 0 Å². The first kappa shape index (κ1) is 27.7. The lowest BCUT2D eigenvalue weighted by molar-refractivity contribution is -0.174. The molecule has 0 aromatic heterocycles. The number of benzene rings is 1. The number of halogens is 4. The van der Waals surface area contributed by atoms with Gasteiger partial charge in [0.05, 0.1) is 13.0 Å². The van der Waals surface area contributed by atoms with E-state index in [1.165, 1.54) is 7.11 Å². The number of hydrogen-bond donors (Lipinski definition) is 2. The maximum Gasteiger partial charge on any atom is 0.471 e. The van der Waals surface area contributed by atoms with Gasteiger partial charge in [-0.2, -0.15) is 13.2 Å². The van der Waals surface area contributed by atoms with E-state index in [1.807, 2.05) is 24.0 Å². The molecular weight excluding hydrogens is 485 g/mol. The second-order valence-corrected chi connectivity index (χ2v) is 9.86. The molecule has 11 heteroatoms. The van der Waals surface area contributed by atoms with Gasteiger partial charge in [-0.25, -0.2) is 5.48 Å². The molecule has 1 heterocycles. The zero-order valence-corrected chi connectivity index (χ0v) is 20.9. The fourth-order valence-corrected chi connectivity index (χ4v) is 5.39. The Morgan fingerprint density at radius 3 is 2.26 bits per heavy atom. The molecule has 196 valence electrons. The summed E-state index contributed by atoms with van der Waals surface area (Å²) in [6, 6.07) is 7.43. The summed E-state index contributed by atoms with van der Waals surface area (Å²) in [6.45, 7) is 4.35. The lowest BCUT2D eigenvalue weighted by Gasteiger charge is -2.46. The number of nitrogens with one attached hydrogen (secondary N) is 2. The molecule has 2 atom stereocenters. The number of alkyl halides is 3. The van der Waals surface area contributed by atoms with Crippen LogP contribution in [0.15, 0.2) is 24.3 Å². The molecule has 2 aliphatic rings. The molecule has 3 rings (SSSR count). The molecule has 2 fully saturated rings. The first-order chi connectivity index (χ1) is 16.6. The zero-order valence-electron chi connectivity index (χ0n) is 20.2. The van der Waals surface area contributed by atoms with Crippen LogP contribution >= 0.6 is 11.6 Å². The summed E-state index contributed by atoms with van der Waals surface area (Å²) in [5.74, 6) is -2.35. The van der Waals surface area contributed by atoms with Crippen LogP contribution in [-0.2, 0) is 14.4 Å². The number of hydrogen-bond acceptors (Lipinski definition) is 5. The van der Waals surface area contributed by atoms with Crippen LogP contribution in [-0.4, -0.2) is 79.7 Å². The van der Waals surface area contributed by atoms with E-state index in [1.54, 1.807) is 12.1 Å². The molecular formula is C24H34ClF3N4O3. The Hall–Kier alpha value is -1.88. The predicted octanol–water partition coefficient (Wildman–Crippen LogP) is 3.35. The molecule has 1 saturated carbocycles. The average molecular weight is 519 g/mol. The van der Waals surface area contributed by atoms with Crippen LogP contribution in [0.2, 0.25) is 5.02 Å². The summed E-state index contributed by atoms with van der Waals surface area (Å²) < 4.78 is 38.1. The molecule has 2 amide bonds. The number of rotatable bonds is 9. The van der Waals surface area contributed by atoms with Gasteiger partial charge in [0.15, 0.2) is 0 Å². The van der Waals surface area contributed by atoms with Gasteiger partial charge in [-0.15, -0.1) is 0 Å². The van der Waals surface area contributed by atoms with Crippen LogP contribution in [0.3, 0.4) is 0 Å². The van der Waals surface area contributed by atoms with Crippen molar-refractivity contribution in [3.63, 3.8) is 0 Å². The number of carbonyl (C=O) groups excluding carboxylic acids is 2. The van der Waals surface area contributed by atoms with Crippen molar-refractivity contribution in [2.45, 2.75) is 50.2 Å². The highest BCUT2D eigenvalue weighted by Crippen LogP contribution is 2.36. The number of hydroxylamine groups is 1. The van der Waals surface area contributed by atoms with Gasteiger partial charge in [-0.3, -0.25) is 14.5 Å². The van der Waals surface area contributed by atoms with Gasteiger partial charge in [-0.1, -0.05) is 43.5 Å². The first-order valence-electron chi connectivity index (χ1n) is 12.0. The summed E-state index contributed by atoms with van der Waals surface area (Å²) in [6.07, 6.45) is -1.62. The molecule has 35 heavy (non-hydrogen) atoms. The van der Waals surface area contributed by atoms with Gasteiger partial charge < -0.3 is 15.1 Å². The van der Waals surface area contributed by atoms with E-state index in [0.29, 0.717) is 37.7 Å². The summed E-state index contributed by atoms with van der Waals surface area (Å²) in [5, 5.41) is 2.72. The molecule has 1 aliphatic heterocycles. The Kier molecular flexibility index (Phi) is 9.42. The van der Waals surface area contributed by atoms with Gasteiger partial charge in [0, 0.05) is 49.8 Å². The highest BCUT2D eigenvalue weighted by molar-refractivity contribution is 6.30. The lowest BCUT2D eigenvalue weighted by atomic mass is 9.86. The second kappa shape index (κ2) is 11.9. The van der Waals surface area contributed by atoms with Crippen molar-refractivity contribution in [3.05, 3.63) is 34.9 Å². The highest BCUT2D eigenvalue weighted by atomic mass is 35.5. The minimum atomic E-state index is -4.89. The van der Waals surface area contributed by atoms with Crippen molar-refractivity contribution in [2.75, 3.05) is 46.4 Å². The fraction of sp³-hybridized carbons (Fsp3) is 0.667. The standard InChI is InChI=1S/C24H34ClF3N4O3/c1-17(18-5-7-19(25)8-6-18)20(15-30-35-2)21(33)31-11-13-32(14-12-31)23(9-3-4-10-23)16-29-22(34)24(26,27)28/h5-8,17,20,30H,3-4,9-16H2,1-2H3,(H,29,34). The monoisotopic (exact) mass is 518 g/mol. The Labute approximate surface area is 209 Å². The van der Waals surface area contributed by atoms with E-state index in [4.69, 9.17) is 16.4 Å². The number of piperazine rings is 1. The zero-order chi connectivity index (χ0) is 25.6. The molecule has 1 aliphatic carbocycles. The van der Waals surface area contributed by atoms with Gasteiger partial charge in [0.1, 0.15) is 0 Å². The van der Waals surface area contributed by atoms with Crippen LogP contribution in [0.1, 0.15) is 44.1 Å². The van der Waals surface area contributed by atoms with Crippen molar-refractivity contribution in [1.29, 1.82) is 0 Å². The Bertz CT molecular complexity index is 855. The smallest absolute Gasteiger partial charge is 0.346 e. The number of carbonyl (C=O) groups is 2. The topological polar surface area (TPSA) is 73.9 Å². The van der Waals surface area contributed by atoms with E-state index in [-0.39, 0.29) is 24.3 Å². The molecule has 2 unspecified atom stereocenters. The SMILES string of the molecule is CONCC(C(=O)N1CCN(C2(CNC(=O)C(F)(F)F)CCCC2)CC1)C(C)c1ccc(Cl)cc1. The quantitative estimate of drug-likeness (QED) is 0.491. The minimum Gasteiger partial charge on any atom is -0.346 e. The van der Waals surface area contributed by atoms with Crippen molar-refractivity contribution in [1.82, 2.24) is 20.6 Å². The Morgan fingerprint density at radius 2 is 1.71 bits per heavy atom. The molecule has 0 bridgehead atoms. The summed E-state index contributed by atoms with van der Waals surface area (Å²) in [4.78, 5) is 33.9. The molecule has 2 N–H and O–H groups in total. The number of amides is 2. The summed E-state index contributed by atoms with van der Waals surface area (Å²) in [5.41, 5.74) is 3.31. The molecule has 1 saturated heterocycles. The minimum absolute atomic E-state index is 0.00231. The highest BCUT2D eigenvalue weighted by Gasteiger charge is 2.45. The fourth-order valence-electron chi connectivity index (χ4n) is 5.27. The van der Waals surface area contributed by atoms with E-state index in [2.05, 4.69) is 15.7 Å². The molecule has 7 nitrogen and oxygen atoms in total. The van der Waals surface area contributed by atoms with Gasteiger partial charge >= 0.3 is 12.1 Å². The van der Waals surface area contributed by atoms with Crippen molar-refractivity contribution >= 4 is 23.4 Å². The Balaban J connectivity index is 1.65. The van der Waals surface area contributed by atoms with Crippen molar-refractivity contribution in [2.24, 2.45) is 5.92 Å². The normalized spacial score (nSPS) is 20.5. The van der Waals surface area contributed by atoms with Gasteiger partial charge in [-0.05, 0) is 36.5 Å². The predicted molar refractivity (Wildman–Crippen MR) is 127 cm³/mol. The maximum absolute atomic E-state index is 13.5. The van der Waals surface area contributed by atoms with E-state index in [9.17, 15) is 22.8 Å². The maximum atomic E-state index is 13.5. The lowest BCUT2D eigenvalue weighted by Crippen LogP contribution is -2.62. The van der Waals surface area contributed by atoms with Gasteiger partial charge in [0.25, 0.3) is 0 Å². The van der Waals surface area contributed by atoms with E-state index >= 15 is 0 Å². The molecule has 1 aromatic rings. The van der Waals surface area contributed by atoms with Crippen LogP contribution in [0, 0.1) is 5.92 Å².